The summed E-state index contributed by atoms with van der Waals surface area (Å²) in [4.78, 5) is 6.14. The fraction of sp³-hybridized carbons (Fsp3) is 0.133. The number of nitrogens with two attached hydrogens (primary N) is 1. The number of rotatable bonds is 4. The molecule has 0 atom stereocenters. The monoisotopic (exact) mass is 345 g/mol. The van der Waals surface area contributed by atoms with E-state index in [0.29, 0.717) is 5.69 Å². The highest BCUT2D eigenvalue weighted by Crippen LogP contribution is 2.25. The molecule has 0 bridgehead atoms. The van der Waals surface area contributed by atoms with Gasteiger partial charge < -0.3 is 10.6 Å². The summed E-state index contributed by atoms with van der Waals surface area (Å²) in [6, 6.07) is 11.4. The van der Waals surface area contributed by atoms with Crippen LogP contribution < -0.4 is 10.6 Å². The first-order valence-corrected chi connectivity index (χ1v) is 7.12. The van der Waals surface area contributed by atoms with Crippen molar-refractivity contribution in [1.82, 2.24) is 4.98 Å². The number of aromatic nitrogens is 1. The number of halogens is 1. The van der Waals surface area contributed by atoms with Crippen LogP contribution in [0.15, 0.2) is 57.3 Å². The number of anilines is 1. The van der Waals surface area contributed by atoms with Gasteiger partial charge in [0, 0.05) is 24.8 Å². The van der Waals surface area contributed by atoms with E-state index >= 15 is 0 Å². The lowest BCUT2D eigenvalue weighted by Crippen LogP contribution is -2.14. The molecule has 1 heterocycles. The first-order valence-electron chi connectivity index (χ1n) is 6.32. The second kappa shape index (κ2) is 6.99. The van der Waals surface area contributed by atoms with Crippen LogP contribution in [0.25, 0.3) is 0 Å². The molecule has 2 aromatic rings. The maximum Gasteiger partial charge on any atom is 0.171 e. The maximum absolute atomic E-state index is 5.81. The van der Waals surface area contributed by atoms with Crippen LogP contribution in [0.3, 0.4) is 0 Å². The molecule has 0 aliphatic rings. The van der Waals surface area contributed by atoms with Gasteiger partial charge in [-0.3, -0.25) is 4.98 Å². The van der Waals surface area contributed by atoms with E-state index in [1.54, 1.807) is 18.5 Å². The Balaban J connectivity index is 2.13. The van der Waals surface area contributed by atoms with Crippen LogP contribution in [-0.2, 0) is 0 Å². The van der Waals surface area contributed by atoms with Crippen molar-refractivity contribution in [3.8, 4) is 0 Å². The normalized spacial score (nSPS) is 11.9. The average Bonchev–Trinajstić information content (AvgIpc) is 2.47. The molecular weight excluding hydrogens is 330 g/mol. The highest BCUT2D eigenvalue weighted by Gasteiger charge is 2.02. The van der Waals surface area contributed by atoms with Crippen LogP contribution >= 0.6 is 15.9 Å². The van der Waals surface area contributed by atoms with Gasteiger partial charge in [0.1, 0.15) is 5.69 Å². The highest BCUT2D eigenvalue weighted by atomic mass is 79.9. The molecule has 1 aromatic carbocycles. The Morgan fingerprint density at radius 1 is 1.29 bits per heavy atom. The van der Waals surface area contributed by atoms with Crippen molar-refractivity contribution >= 4 is 33.7 Å². The molecule has 0 saturated carbocycles. The van der Waals surface area contributed by atoms with Gasteiger partial charge in [-0.1, -0.05) is 12.1 Å². The third-order valence-electron chi connectivity index (χ3n) is 2.75. The molecule has 21 heavy (non-hydrogen) atoms. The van der Waals surface area contributed by atoms with Gasteiger partial charge in [-0.15, -0.1) is 5.10 Å². The number of hydrogen-bond acceptors (Lipinski definition) is 4. The van der Waals surface area contributed by atoms with Gasteiger partial charge in [0.15, 0.2) is 5.84 Å². The Kier molecular flexibility index (Phi) is 5.05. The minimum Gasteiger partial charge on any atom is -0.380 e. The first-order chi connectivity index (χ1) is 10.1. The van der Waals surface area contributed by atoms with E-state index in [-0.39, 0.29) is 5.84 Å². The Morgan fingerprint density at radius 3 is 2.71 bits per heavy atom. The molecule has 0 aliphatic heterocycles. The van der Waals surface area contributed by atoms with Gasteiger partial charge in [-0.2, -0.15) is 5.10 Å². The van der Waals surface area contributed by atoms with Crippen LogP contribution in [-0.4, -0.2) is 31.1 Å². The number of benzene rings is 1. The molecule has 5 nitrogen and oxygen atoms in total. The SMILES string of the molecule is CN(C)c1ccc(/C=N\N=C(\N)c2ccccn2)cc1Br. The number of hydrogen-bond donors (Lipinski definition) is 1. The molecule has 0 spiro atoms. The summed E-state index contributed by atoms with van der Waals surface area (Å²) in [7, 11) is 3.98. The number of nitrogens with zero attached hydrogens (tertiary/aromatic N) is 4. The minimum absolute atomic E-state index is 0.288. The number of pyridine rings is 1. The molecule has 0 unspecified atom stereocenters. The standard InChI is InChI=1S/C15H16BrN5/c1-21(2)14-7-6-11(9-12(14)16)10-19-20-15(17)13-5-3-4-8-18-13/h3-10H,1-2H3,(H2,17,20)/b19-10-. The Hall–Kier alpha value is -2.21. The van der Waals surface area contributed by atoms with E-state index in [0.717, 1.165) is 15.7 Å². The van der Waals surface area contributed by atoms with E-state index in [2.05, 4.69) is 31.1 Å². The maximum atomic E-state index is 5.81. The first kappa shape index (κ1) is 15.2. The van der Waals surface area contributed by atoms with E-state index in [4.69, 9.17) is 5.73 Å². The van der Waals surface area contributed by atoms with Gasteiger partial charge in [-0.25, -0.2) is 0 Å². The second-order valence-corrected chi connectivity index (χ2v) is 5.40. The van der Waals surface area contributed by atoms with Crippen LogP contribution in [0.4, 0.5) is 5.69 Å². The summed E-state index contributed by atoms with van der Waals surface area (Å²) in [5.74, 6) is 0.288. The third kappa shape index (κ3) is 4.13. The fourth-order valence-corrected chi connectivity index (χ4v) is 2.44. The summed E-state index contributed by atoms with van der Waals surface area (Å²) >= 11 is 3.53. The zero-order valence-corrected chi connectivity index (χ0v) is 13.4. The highest BCUT2D eigenvalue weighted by molar-refractivity contribution is 9.10. The second-order valence-electron chi connectivity index (χ2n) is 4.55. The molecule has 6 heteroatoms. The largest absolute Gasteiger partial charge is 0.380 e. The summed E-state index contributed by atoms with van der Waals surface area (Å²) in [5.41, 5.74) is 8.46. The van der Waals surface area contributed by atoms with E-state index in [1.165, 1.54) is 0 Å². The Morgan fingerprint density at radius 2 is 2.10 bits per heavy atom. The molecule has 1 aromatic heterocycles. The van der Waals surface area contributed by atoms with Crippen molar-refractivity contribution in [3.05, 3.63) is 58.3 Å². The molecule has 2 rings (SSSR count). The molecule has 0 saturated heterocycles. The fourth-order valence-electron chi connectivity index (χ4n) is 1.69. The summed E-state index contributed by atoms with van der Waals surface area (Å²) in [6.45, 7) is 0. The Labute approximate surface area is 132 Å². The quantitative estimate of drug-likeness (QED) is 0.526. The van der Waals surface area contributed by atoms with Crippen molar-refractivity contribution in [2.24, 2.45) is 15.9 Å². The average molecular weight is 346 g/mol. The lowest BCUT2D eigenvalue weighted by molar-refractivity contribution is 1.12. The van der Waals surface area contributed by atoms with Crippen molar-refractivity contribution in [3.63, 3.8) is 0 Å². The van der Waals surface area contributed by atoms with Crippen molar-refractivity contribution in [1.29, 1.82) is 0 Å². The predicted octanol–water partition coefficient (Wildman–Crippen LogP) is 2.65. The Bertz CT molecular complexity index is 665. The summed E-state index contributed by atoms with van der Waals surface area (Å²) < 4.78 is 0.998. The summed E-state index contributed by atoms with van der Waals surface area (Å²) in [5, 5.41) is 7.95. The number of amidine groups is 1. The lowest BCUT2D eigenvalue weighted by Gasteiger charge is -2.14. The molecule has 0 aliphatic carbocycles. The van der Waals surface area contributed by atoms with Crippen molar-refractivity contribution in [2.75, 3.05) is 19.0 Å². The van der Waals surface area contributed by atoms with Gasteiger partial charge in [-0.05, 0) is 45.8 Å². The van der Waals surface area contributed by atoms with Crippen molar-refractivity contribution < 1.29 is 0 Å². The van der Waals surface area contributed by atoms with Gasteiger partial charge in [0.25, 0.3) is 0 Å². The van der Waals surface area contributed by atoms with Crippen LogP contribution in [0.2, 0.25) is 0 Å². The van der Waals surface area contributed by atoms with Gasteiger partial charge in [0.05, 0.1) is 11.9 Å². The van der Waals surface area contributed by atoms with Gasteiger partial charge >= 0.3 is 0 Å². The van der Waals surface area contributed by atoms with E-state index in [9.17, 15) is 0 Å². The van der Waals surface area contributed by atoms with Gasteiger partial charge in [0.2, 0.25) is 0 Å². The van der Waals surface area contributed by atoms with Crippen molar-refractivity contribution in [2.45, 2.75) is 0 Å². The van der Waals surface area contributed by atoms with E-state index < -0.39 is 0 Å². The van der Waals surface area contributed by atoms with Crippen LogP contribution in [0, 0.1) is 0 Å². The zero-order chi connectivity index (χ0) is 15.2. The smallest absolute Gasteiger partial charge is 0.171 e. The predicted molar refractivity (Wildman–Crippen MR) is 91.0 cm³/mol. The molecule has 108 valence electrons. The minimum atomic E-state index is 0.288. The molecule has 0 radical (unpaired) electrons. The lowest BCUT2D eigenvalue weighted by atomic mass is 10.2. The van der Waals surface area contributed by atoms with Crippen LogP contribution in [0.1, 0.15) is 11.3 Å². The third-order valence-corrected chi connectivity index (χ3v) is 3.39. The van der Waals surface area contributed by atoms with Crippen LogP contribution in [0.5, 0.6) is 0 Å². The molecule has 0 fully saturated rings. The molecule has 2 N–H and O–H groups in total. The zero-order valence-electron chi connectivity index (χ0n) is 11.9. The topological polar surface area (TPSA) is 66.9 Å². The van der Waals surface area contributed by atoms with E-state index in [1.807, 2.05) is 49.3 Å². The molecule has 0 amide bonds. The molecular formula is C15H16BrN5. The summed E-state index contributed by atoms with van der Waals surface area (Å²) in [6.07, 6.45) is 3.32.